The molecule has 4 nitrogen and oxygen atoms in total. The summed E-state index contributed by atoms with van der Waals surface area (Å²) in [7, 11) is 0. The Morgan fingerprint density at radius 1 is 1.56 bits per heavy atom. The van der Waals surface area contributed by atoms with Crippen molar-refractivity contribution in [3.8, 4) is 0 Å². The van der Waals surface area contributed by atoms with Gasteiger partial charge in [-0.2, -0.15) is 5.10 Å². The summed E-state index contributed by atoms with van der Waals surface area (Å²) in [6.07, 6.45) is 4.80. The van der Waals surface area contributed by atoms with Gasteiger partial charge in [0.1, 0.15) is 0 Å². The van der Waals surface area contributed by atoms with Gasteiger partial charge in [-0.1, -0.05) is 0 Å². The summed E-state index contributed by atoms with van der Waals surface area (Å²) in [5.74, 6) is 0. The number of ether oxygens (including phenoxy) is 1. The highest BCUT2D eigenvalue weighted by Crippen LogP contribution is 2.19. The summed E-state index contributed by atoms with van der Waals surface area (Å²) in [4.78, 5) is 0. The largest absolute Gasteiger partial charge is 0.377 e. The molecule has 0 spiro atoms. The average molecular weight is 223 g/mol. The Labute approximate surface area is 97.0 Å². The van der Waals surface area contributed by atoms with Gasteiger partial charge in [-0.05, 0) is 32.8 Å². The molecule has 0 aliphatic heterocycles. The van der Waals surface area contributed by atoms with E-state index in [2.05, 4.69) is 30.3 Å². The fourth-order valence-electron chi connectivity index (χ4n) is 1.62. The van der Waals surface area contributed by atoms with Gasteiger partial charge in [0.15, 0.2) is 0 Å². The molecule has 1 aliphatic carbocycles. The van der Waals surface area contributed by atoms with Crippen molar-refractivity contribution in [2.75, 3.05) is 6.61 Å². The van der Waals surface area contributed by atoms with Crippen LogP contribution < -0.4 is 5.32 Å². The third-order valence-corrected chi connectivity index (χ3v) is 2.71. The lowest BCUT2D eigenvalue weighted by Crippen LogP contribution is -2.20. The van der Waals surface area contributed by atoms with Crippen molar-refractivity contribution < 1.29 is 4.74 Å². The zero-order chi connectivity index (χ0) is 11.4. The van der Waals surface area contributed by atoms with Crippen LogP contribution in [0.15, 0.2) is 12.3 Å². The monoisotopic (exact) mass is 223 g/mol. The molecule has 0 bridgehead atoms. The molecule has 1 saturated carbocycles. The van der Waals surface area contributed by atoms with Crippen molar-refractivity contribution in [3.05, 3.63) is 18.0 Å². The Bertz CT molecular complexity index is 318. The molecular formula is C12H21N3O. The van der Waals surface area contributed by atoms with Crippen LogP contribution >= 0.6 is 0 Å². The second kappa shape index (κ2) is 5.46. The SMILES string of the molecule is CC(C)OCCn1nccc1CNC1CC1. The van der Waals surface area contributed by atoms with Gasteiger partial charge in [0, 0.05) is 18.8 Å². The molecule has 0 unspecified atom stereocenters. The van der Waals surface area contributed by atoms with Crippen LogP contribution in [0.4, 0.5) is 0 Å². The van der Waals surface area contributed by atoms with Crippen molar-refractivity contribution in [1.29, 1.82) is 0 Å². The minimum Gasteiger partial charge on any atom is -0.377 e. The first-order chi connectivity index (χ1) is 7.75. The van der Waals surface area contributed by atoms with Crippen molar-refractivity contribution in [3.63, 3.8) is 0 Å². The lowest BCUT2D eigenvalue weighted by atomic mass is 10.4. The highest BCUT2D eigenvalue weighted by atomic mass is 16.5. The number of nitrogens with zero attached hydrogens (tertiary/aromatic N) is 2. The zero-order valence-electron chi connectivity index (χ0n) is 10.1. The van der Waals surface area contributed by atoms with E-state index in [9.17, 15) is 0 Å². The van der Waals surface area contributed by atoms with Crippen LogP contribution in [0, 0.1) is 0 Å². The third kappa shape index (κ3) is 3.61. The first-order valence-corrected chi connectivity index (χ1v) is 6.11. The second-order valence-corrected chi connectivity index (χ2v) is 4.62. The fraction of sp³-hybridized carbons (Fsp3) is 0.750. The van der Waals surface area contributed by atoms with Crippen LogP contribution in [0.3, 0.4) is 0 Å². The number of nitrogens with one attached hydrogen (secondary N) is 1. The van der Waals surface area contributed by atoms with E-state index in [-0.39, 0.29) is 0 Å². The molecule has 1 aromatic heterocycles. The summed E-state index contributed by atoms with van der Waals surface area (Å²) in [6.45, 7) is 6.60. The van der Waals surface area contributed by atoms with E-state index < -0.39 is 0 Å². The van der Waals surface area contributed by atoms with Gasteiger partial charge >= 0.3 is 0 Å². The maximum atomic E-state index is 5.53. The fourth-order valence-corrected chi connectivity index (χ4v) is 1.62. The molecule has 0 atom stereocenters. The lowest BCUT2D eigenvalue weighted by molar-refractivity contribution is 0.0704. The molecule has 90 valence electrons. The van der Waals surface area contributed by atoms with Crippen molar-refractivity contribution in [1.82, 2.24) is 15.1 Å². The van der Waals surface area contributed by atoms with Gasteiger partial charge in [-0.3, -0.25) is 4.68 Å². The van der Waals surface area contributed by atoms with Crippen LogP contribution in [-0.4, -0.2) is 28.5 Å². The van der Waals surface area contributed by atoms with Gasteiger partial charge in [-0.15, -0.1) is 0 Å². The van der Waals surface area contributed by atoms with E-state index in [1.165, 1.54) is 18.5 Å². The van der Waals surface area contributed by atoms with Gasteiger partial charge in [0.05, 0.1) is 24.9 Å². The number of hydrogen-bond acceptors (Lipinski definition) is 3. The van der Waals surface area contributed by atoms with Crippen molar-refractivity contribution in [2.24, 2.45) is 0 Å². The van der Waals surface area contributed by atoms with Crippen LogP contribution in [0.1, 0.15) is 32.4 Å². The van der Waals surface area contributed by atoms with Crippen LogP contribution in [0.25, 0.3) is 0 Å². The van der Waals surface area contributed by atoms with E-state index in [1.54, 1.807) is 0 Å². The molecule has 1 aromatic rings. The molecule has 0 amide bonds. The Morgan fingerprint density at radius 3 is 3.06 bits per heavy atom. The standard InChI is InChI=1S/C12H21N3O/c1-10(2)16-8-7-15-12(5-6-14-15)9-13-11-3-4-11/h5-6,10-11,13H,3-4,7-9H2,1-2H3. The molecule has 4 heteroatoms. The molecule has 0 saturated heterocycles. The summed E-state index contributed by atoms with van der Waals surface area (Å²) in [5, 5.41) is 7.80. The minimum atomic E-state index is 0.295. The Hall–Kier alpha value is -0.870. The molecule has 16 heavy (non-hydrogen) atoms. The molecule has 1 fully saturated rings. The van der Waals surface area contributed by atoms with E-state index in [1.807, 2.05) is 10.9 Å². The van der Waals surface area contributed by atoms with Crippen LogP contribution in [0.5, 0.6) is 0 Å². The van der Waals surface area contributed by atoms with Crippen molar-refractivity contribution >= 4 is 0 Å². The van der Waals surface area contributed by atoms with E-state index >= 15 is 0 Å². The minimum absolute atomic E-state index is 0.295. The maximum Gasteiger partial charge on any atom is 0.0666 e. The Kier molecular flexibility index (Phi) is 3.96. The third-order valence-electron chi connectivity index (χ3n) is 2.71. The van der Waals surface area contributed by atoms with Gasteiger partial charge < -0.3 is 10.1 Å². The summed E-state index contributed by atoms with van der Waals surface area (Å²) in [6, 6.07) is 2.82. The molecule has 1 aliphatic rings. The average Bonchev–Trinajstić information content (AvgIpc) is 2.96. The second-order valence-electron chi connectivity index (χ2n) is 4.62. The summed E-state index contributed by atoms with van der Waals surface area (Å²) >= 11 is 0. The normalized spacial score (nSPS) is 15.9. The van der Waals surface area contributed by atoms with Crippen LogP contribution in [-0.2, 0) is 17.8 Å². The maximum absolute atomic E-state index is 5.53. The predicted molar refractivity (Wildman–Crippen MR) is 63.2 cm³/mol. The Morgan fingerprint density at radius 2 is 2.38 bits per heavy atom. The highest BCUT2D eigenvalue weighted by molar-refractivity contribution is 5.01. The van der Waals surface area contributed by atoms with Gasteiger partial charge in [0.25, 0.3) is 0 Å². The van der Waals surface area contributed by atoms with E-state index in [0.29, 0.717) is 6.10 Å². The van der Waals surface area contributed by atoms with Gasteiger partial charge in [0.2, 0.25) is 0 Å². The quantitative estimate of drug-likeness (QED) is 0.762. The first-order valence-electron chi connectivity index (χ1n) is 6.11. The molecule has 0 aromatic carbocycles. The van der Waals surface area contributed by atoms with Gasteiger partial charge in [-0.25, -0.2) is 0 Å². The summed E-state index contributed by atoms with van der Waals surface area (Å²) in [5.41, 5.74) is 1.25. The molecular weight excluding hydrogens is 202 g/mol. The molecule has 1 heterocycles. The number of hydrogen-bond donors (Lipinski definition) is 1. The van der Waals surface area contributed by atoms with E-state index in [4.69, 9.17) is 4.74 Å². The predicted octanol–water partition coefficient (Wildman–Crippen LogP) is 1.56. The van der Waals surface area contributed by atoms with Crippen LogP contribution in [0.2, 0.25) is 0 Å². The number of aromatic nitrogens is 2. The number of rotatable bonds is 7. The molecule has 2 rings (SSSR count). The Balaban J connectivity index is 1.76. The van der Waals surface area contributed by atoms with Crippen molar-refractivity contribution in [2.45, 2.75) is 51.9 Å². The lowest BCUT2D eigenvalue weighted by Gasteiger charge is -2.10. The summed E-state index contributed by atoms with van der Waals surface area (Å²) < 4.78 is 7.55. The zero-order valence-corrected chi connectivity index (χ0v) is 10.1. The van der Waals surface area contributed by atoms with E-state index in [0.717, 1.165) is 25.7 Å². The molecule has 0 radical (unpaired) electrons. The highest BCUT2D eigenvalue weighted by Gasteiger charge is 2.20. The first kappa shape index (κ1) is 11.6. The topological polar surface area (TPSA) is 39.1 Å². The smallest absolute Gasteiger partial charge is 0.0666 e. The molecule has 1 N–H and O–H groups in total.